The number of carbonyl (C=O) groups is 3. The summed E-state index contributed by atoms with van der Waals surface area (Å²) in [7, 11) is 0. The molecular formula is C28H34N2O5. The second-order valence-corrected chi connectivity index (χ2v) is 9.86. The van der Waals surface area contributed by atoms with Crippen molar-refractivity contribution in [2.75, 3.05) is 6.61 Å². The van der Waals surface area contributed by atoms with Gasteiger partial charge in [-0.05, 0) is 54.4 Å². The predicted octanol–water partition coefficient (Wildman–Crippen LogP) is 4.84. The van der Waals surface area contributed by atoms with Gasteiger partial charge in [0, 0.05) is 18.4 Å². The number of carboxylic acid groups (broad SMARTS) is 1. The summed E-state index contributed by atoms with van der Waals surface area (Å²) in [4.78, 5) is 37.2. The van der Waals surface area contributed by atoms with Gasteiger partial charge in [0.2, 0.25) is 5.91 Å². The third-order valence-corrected chi connectivity index (χ3v) is 7.62. The monoisotopic (exact) mass is 478 g/mol. The Hall–Kier alpha value is -3.35. The van der Waals surface area contributed by atoms with Gasteiger partial charge in [0.1, 0.15) is 12.1 Å². The maximum Gasteiger partial charge on any atom is 0.407 e. The van der Waals surface area contributed by atoms with Crippen molar-refractivity contribution >= 4 is 18.0 Å². The molecule has 0 spiro atoms. The van der Waals surface area contributed by atoms with Gasteiger partial charge in [-0.2, -0.15) is 0 Å². The first-order valence-electron chi connectivity index (χ1n) is 12.5. The van der Waals surface area contributed by atoms with Crippen molar-refractivity contribution in [2.45, 2.75) is 69.9 Å². The van der Waals surface area contributed by atoms with E-state index < -0.39 is 23.6 Å². The third kappa shape index (κ3) is 5.34. The number of nitrogens with one attached hydrogen (secondary N) is 2. The number of carbonyl (C=O) groups excluding carboxylic acids is 2. The minimum atomic E-state index is -1.33. The van der Waals surface area contributed by atoms with Gasteiger partial charge in [-0.15, -0.1) is 0 Å². The van der Waals surface area contributed by atoms with Crippen LogP contribution in [0.2, 0.25) is 0 Å². The molecule has 7 nitrogen and oxygen atoms in total. The van der Waals surface area contributed by atoms with Gasteiger partial charge in [-0.25, -0.2) is 9.59 Å². The number of fused-ring (bicyclic) bond motifs is 3. The fourth-order valence-corrected chi connectivity index (χ4v) is 5.34. The Bertz CT molecular complexity index is 1050. The average molecular weight is 479 g/mol. The molecule has 3 N–H and O–H groups in total. The molecule has 7 heteroatoms. The standard InChI is InChI=1S/C28H34N2O5/c1-3-28(2,26(32)33)30-25(31)16-24(18-10-4-5-11-18)29-27(34)35-17-23-21-14-8-6-12-19(21)20-13-7-9-15-22(20)23/h6-9,12-15,18,23-24H,3-5,10-11,16-17H2,1-2H3,(H,29,34)(H,30,31)(H,32,33). The largest absolute Gasteiger partial charge is 0.480 e. The zero-order valence-electron chi connectivity index (χ0n) is 20.4. The zero-order chi connectivity index (χ0) is 25.0. The molecule has 0 aliphatic heterocycles. The van der Waals surface area contributed by atoms with E-state index in [-0.39, 0.29) is 37.2 Å². The van der Waals surface area contributed by atoms with Crippen LogP contribution in [0.1, 0.15) is 69.4 Å². The molecule has 0 aromatic heterocycles. The summed E-state index contributed by atoms with van der Waals surface area (Å²) in [6.07, 6.45) is 3.69. The lowest BCUT2D eigenvalue weighted by Gasteiger charge is -2.28. The molecule has 2 aromatic carbocycles. The number of ether oxygens (including phenoxy) is 1. The summed E-state index contributed by atoms with van der Waals surface area (Å²) in [5.74, 6) is -1.33. The lowest BCUT2D eigenvalue weighted by atomic mass is 9.93. The number of benzene rings is 2. The lowest BCUT2D eigenvalue weighted by Crippen LogP contribution is -2.53. The third-order valence-electron chi connectivity index (χ3n) is 7.62. The summed E-state index contributed by atoms with van der Waals surface area (Å²) in [6.45, 7) is 3.42. The second kappa shape index (κ2) is 10.5. The van der Waals surface area contributed by atoms with E-state index >= 15 is 0 Å². The minimum absolute atomic E-state index is 0.0255. The summed E-state index contributed by atoms with van der Waals surface area (Å²) in [6, 6.07) is 15.9. The number of amides is 2. The summed E-state index contributed by atoms with van der Waals surface area (Å²) < 4.78 is 5.70. The molecule has 35 heavy (non-hydrogen) atoms. The molecule has 2 atom stereocenters. The van der Waals surface area contributed by atoms with Crippen LogP contribution in [-0.2, 0) is 14.3 Å². The number of hydrogen-bond acceptors (Lipinski definition) is 4. The topological polar surface area (TPSA) is 105 Å². The molecule has 2 unspecified atom stereocenters. The molecule has 0 radical (unpaired) electrons. The number of carboxylic acids is 1. The Balaban J connectivity index is 1.41. The van der Waals surface area contributed by atoms with Crippen molar-refractivity contribution in [3.05, 3.63) is 59.7 Å². The maximum absolute atomic E-state index is 12.9. The van der Waals surface area contributed by atoms with Gasteiger partial charge >= 0.3 is 12.1 Å². The highest BCUT2D eigenvalue weighted by Gasteiger charge is 2.35. The van der Waals surface area contributed by atoms with E-state index in [4.69, 9.17) is 4.74 Å². The van der Waals surface area contributed by atoms with Crippen LogP contribution in [0.4, 0.5) is 4.79 Å². The van der Waals surface area contributed by atoms with Gasteiger partial charge in [0.05, 0.1) is 0 Å². The van der Waals surface area contributed by atoms with Crippen LogP contribution in [0, 0.1) is 5.92 Å². The zero-order valence-corrected chi connectivity index (χ0v) is 20.4. The van der Waals surface area contributed by atoms with Crippen LogP contribution >= 0.6 is 0 Å². The average Bonchev–Trinajstić information content (AvgIpc) is 3.49. The van der Waals surface area contributed by atoms with Crippen LogP contribution in [-0.4, -0.2) is 41.3 Å². The number of hydrogen-bond donors (Lipinski definition) is 3. The van der Waals surface area contributed by atoms with Crippen molar-refractivity contribution in [2.24, 2.45) is 5.92 Å². The van der Waals surface area contributed by atoms with Gasteiger partial charge < -0.3 is 20.5 Å². The predicted molar refractivity (Wildman–Crippen MR) is 133 cm³/mol. The van der Waals surface area contributed by atoms with E-state index in [0.29, 0.717) is 0 Å². The fourth-order valence-electron chi connectivity index (χ4n) is 5.34. The van der Waals surface area contributed by atoms with E-state index in [2.05, 4.69) is 34.9 Å². The van der Waals surface area contributed by atoms with E-state index in [0.717, 1.165) is 47.9 Å². The van der Waals surface area contributed by atoms with Crippen LogP contribution < -0.4 is 10.6 Å². The summed E-state index contributed by atoms with van der Waals surface area (Å²) in [5, 5.41) is 15.0. The van der Waals surface area contributed by atoms with Crippen molar-refractivity contribution in [3.63, 3.8) is 0 Å². The Morgan fingerprint density at radius 3 is 2.14 bits per heavy atom. The first kappa shape index (κ1) is 24.8. The Morgan fingerprint density at radius 2 is 1.60 bits per heavy atom. The molecule has 2 aliphatic rings. The molecule has 0 heterocycles. The molecule has 1 fully saturated rings. The van der Waals surface area contributed by atoms with E-state index in [1.807, 2.05) is 24.3 Å². The highest BCUT2D eigenvalue weighted by molar-refractivity contribution is 5.87. The molecule has 1 saturated carbocycles. The molecule has 2 aliphatic carbocycles. The molecular weight excluding hydrogens is 444 g/mol. The van der Waals surface area contributed by atoms with Crippen LogP contribution in [0.5, 0.6) is 0 Å². The van der Waals surface area contributed by atoms with Crippen molar-refractivity contribution < 1.29 is 24.2 Å². The quantitative estimate of drug-likeness (QED) is 0.478. The maximum atomic E-state index is 12.9. The van der Waals surface area contributed by atoms with Gasteiger partial charge in [-0.1, -0.05) is 68.3 Å². The minimum Gasteiger partial charge on any atom is -0.480 e. The van der Waals surface area contributed by atoms with Crippen LogP contribution in [0.15, 0.2) is 48.5 Å². The van der Waals surface area contributed by atoms with Crippen molar-refractivity contribution in [3.8, 4) is 11.1 Å². The number of alkyl carbamates (subject to hydrolysis) is 1. The molecule has 0 bridgehead atoms. The molecule has 0 saturated heterocycles. The Kier molecular flexibility index (Phi) is 7.43. The number of aliphatic carboxylic acids is 1. The van der Waals surface area contributed by atoms with Gasteiger partial charge in [0.15, 0.2) is 0 Å². The van der Waals surface area contributed by atoms with Crippen molar-refractivity contribution in [1.82, 2.24) is 10.6 Å². The molecule has 2 aromatic rings. The highest BCUT2D eigenvalue weighted by Crippen LogP contribution is 2.44. The Labute approximate surface area is 206 Å². The summed E-state index contributed by atoms with van der Waals surface area (Å²) >= 11 is 0. The number of rotatable bonds is 9. The lowest BCUT2D eigenvalue weighted by molar-refractivity contribution is -0.147. The summed E-state index contributed by atoms with van der Waals surface area (Å²) in [5.41, 5.74) is 3.27. The van der Waals surface area contributed by atoms with Gasteiger partial charge in [0.25, 0.3) is 0 Å². The Morgan fingerprint density at radius 1 is 1.03 bits per heavy atom. The first-order valence-corrected chi connectivity index (χ1v) is 12.5. The normalized spacial score (nSPS) is 17.7. The molecule has 2 amide bonds. The van der Waals surface area contributed by atoms with Crippen LogP contribution in [0.3, 0.4) is 0 Å². The first-order chi connectivity index (χ1) is 16.8. The van der Waals surface area contributed by atoms with Gasteiger partial charge in [-0.3, -0.25) is 4.79 Å². The van der Waals surface area contributed by atoms with E-state index in [1.165, 1.54) is 6.92 Å². The molecule has 186 valence electrons. The molecule has 4 rings (SSSR count). The smallest absolute Gasteiger partial charge is 0.407 e. The van der Waals surface area contributed by atoms with Crippen LogP contribution in [0.25, 0.3) is 11.1 Å². The van der Waals surface area contributed by atoms with E-state index in [1.54, 1.807) is 6.92 Å². The van der Waals surface area contributed by atoms with E-state index in [9.17, 15) is 19.5 Å². The SMILES string of the molecule is CCC(C)(NC(=O)CC(NC(=O)OCC1c2ccccc2-c2ccccc21)C1CCCC1)C(=O)O. The van der Waals surface area contributed by atoms with Crippen molar-refractivity contribution in [1.29, 1.82) is 0 Å². The highest BCUT2D eigenvalue weighted by atomic mass is 16.5. The second-order valence-electron chi connectivity index (χ2n) is 9.86. The fraction of sp³-hybridized carbons (Fsp3) is 0.464.